The average molecular weight is 356 g/mol. The molecular weight excluding hydrogens is 332 g/mol. The minimum absolute atomic E-state index is 0.0591. The van der Waals surface area contributed by atoms with Crippen LogP contribution in [0.5, 0.6) is 0 Å². The lowest BCUT2D eigenvalue weighted by molar-refractivity contribution is 0.00649. The summed E-state index contributed by atoms with van der Waals surface area (Å²) < 4.78 is 16.8. The third kappa shape index (κ3) is 3.81. The molecule has 0 bridgehead atoms. The van der Waals surface area contributed by atoms with E-state index in [4.69, 9.17) is 13.9 Å². The van der Waals surface area contributed by atoms with Gasteiger partial charge in [0, 0.05) is 25.5 Å². The van der Waals surface area contributed by atoms with Gasteiger partial charge in [-0.1, -0.05) is 6.07 Å². The Balaban J connectivity index is 1.23. The summed E-state index contributed by atoms with van der Waals surface area (Å²) in [7, 11) is 0. The van der Waals surface area contributed by atoms with Gasteiger partial charge >= 0.3 is 0 Å². The zero-order valence-electron chi connectivity index (χ0n) is 14.8. The minimum Gasteiger partial charge on any atom is -0.472 e. The number of hydrogen-bond donors (Lipinski definition) is 0. The second kappa shape index (κ2) is 7.60. The van der Waals surface area contributed by atoms with Crippen molar-refractivity contribution < 1.29 is 18.7 Å². The van der Waals surface area contributed by atoms with Gasteiger partial charge < -0.3 is 18.8 Å². The Labute approximate surface area is 153 Å². The Kier molecular flexibility index (Phi) is 5.04. The molecule has 4 heterocycles. The largest absolute Gasteiger partial charge is 0.472 e. The maximum Gasteiger partial charge on any atom is 0.257 e. The van der Waals surface area contributed by atoms with Crippen molar-refractivity contribution in [3.05, 3.63) is 54.2 Å². The second-order valence-corrected chi connectivity index (χ2v) is 7.32. The first-order chi connectivity index (χ1) is 12.7. The molecule has 138 valence electrons. The number of likely N-dealkylation sites (tertiary alicyclic amines) is 1. The Morgan fingerprint density at radius 1 is 1.35 bits per heavy atom. The van der Waals surface area contributed by atoms with Crippen molar-refractivity contribution in [2.75, 3.05) is 26.3 Å². The SMILES string of the molecule is O=C(c1ccoc1)N1CCC2(CC1)CO[C@H](COCc1cccnc1)C2. The van der Waals surface area contributed by atoms with Crippen LogP contribution in [0, 0.1) is 5.41 Å². The molecule has 26 heavy (non-hydrogen) atoms. The number of hydrogen-bond acceptors (Lipinski definition) is 5. The van der Waals surface area contributed by atoms with Gasteiger partial charge in [-0.25, -0.2) is 0 Å². The molecule has 4 rings (SSSR count). The normalized spacial score (nSPS) is 22.0. The Hall–Kier alpha value is -2.18. The van der Waals surface area contributed by atoms with Crippen LogP contribution in [-0.4, -0.2) is 48.2 Å². The Morgan fingerprint density at radius 3 is 2.96 bits per heavy atom. The fourth-order valence-electron chi connectivity index (χ4n) is 3.90. The number of nitrogens with zero attached hydrogens (tertiary/aromatic N) is 2. The molecule has 2 aromatic heterocycles. The molecule has 2 aliphatic rings. The van der Waals surface area contributed by atoms with Crippen molar-refractivity contribution in [1.82, 2.24) is 9.88 Å². The van der Waals surface area contributed by atoms with Crippen molar-refractivity contribution in [2.24, 2.45) is 5.41 Å². The first-order valence-corrected chi connectivity index (χ1v) is 9.14. The van der Waals surface area contributed by atoms with Gasteiger partial charge in [0.1, 0.15) is 6.26 Å². The van der Waals surface area contributed by atoms with Crippen molar-refractivity contribution in [1.29, 1.82) is 0 Å². The van der Waals surface area contributed by atoms with Crippen LogP contribution in [-0.2, 0) is 16.1 Å². The molecule has 2 saturated heterocycles. The molecule has 0 aromatic carbocycles. The Bertz CT molecular complexity index is 709. The maximum absolute atomic E-state index is 12.4. The van der Waals surface area contributed by atoms with Crippen molar-refractivity contribution in [3.8, 4) is 0 Å². The predicted octanol–water partition coefficient (Wildman–Crippen LogP) is 2.90. The predicted molar refractivity (Wildman–Crippen MR) is 94.5 cm³/mol. The number of carbonyl (C=O) groups excluding carboxylic acids is 1. The third-order valence-electron chi connectivity index (χ3n) is 5.46. The summed E-state index contributed by atoms with van der Waals surface area (Å²) in [6.07, 6.45) is 9.75. The topological polar surface area (TPSA) is 64.8 Å². The molecule has 2 fully saturated rings. The number of piperidine rings is 1. The van der Waals surface area contributed by atoms with Crippen molar-refractivity contribution in [3.63, 3.8) is 0 Å². The van der Waals surface area contributed by atoms with E-state index in [-0.39, 0.29) is 17.4 Å². The van der Waals surface area contributed by atoms with Crippen LogP contribution in [0.25, 0.3) is 0 Å². The molecule has 1 spiro atoms. The number of amides is 1. The van der Waals surface area contributed by atoms with E-state index in [1.54, 1.807) is 18.5 Å². The second-order valence-electron chi connectivity index (χ2n) is 7.32. The summed E-state index contributed by atoms with van der Waals surface area (Å²) in [5.41, 5.74) is 1.90. The van der Waals surface area contributed by atoms with Gasteiger partial charge in [-0.3, -0.25) is 9.78 Å². The van der Waals surface area contributed by atoms with E-state index in [1.807, 2.05) is 23.2 Å². The molecule has 6 heteroatoms. The van der Waals surface area contributed by atoms with Crippen LogP contribution in [0.2, 0.25) is 0 Å². The molecular formula is C20H24N2O4. The highest BCUT2D eigenvalue weighted by Gasteiger charge is 2.43. The van der Waals surface area contributed by atoms with E-state index in [0.29, 0.717) is 18.8 Å². The molecule has 1 amide bonds. The lowest BCUT2D eigenvalue weighted by Gasteiger charge is -2.38. The van der Waals surface area contributed by atoms with E-state index in [2.05, 4.69) is 4.98 Å². The van der Waals surface area contributed by atoms with E-state index < -0.39 is 0 Å². The number of carbonyl (C=O) groups is 1. The van der Waals surface area contributed by atoms with Gasteiger partial charge in [-0.05, 0) is 42.4 Å². The molecule has 1 atom stereocenters. The van der Waals surface area contributed by atoms with Crippen LogP contribution in [0.1, 0.15) is 35.2 Å². The van der Waals surface area contributed by atoms with Gasteiger partial charge in [0.2, 0.25) is 0 Å². The van der Waals surface area contributed by atoms with Gasteiger partial charge in [-0.15, -0.1) is 0 Å². The quantitative estimate of drug-likeness (QED) is 0.824. The van der Waals surface area contributed by atoms with Gasteiger partial charge in [0.05, 0.1) is 37.8 Å². The number of pyridine rings is 1. The van der Waals surface area contributed by atoms with Crippen LogP contribution >= 0.6 is 0 Å². The van der Waals surface area contributed by atoms with Crippen LogP contribution in [0.3, 0.4) is 0 Å². The summed E-state index contributed by atoms with van der Waals surface area (Å²) in [5.74, 6) is 0.0591. The molecule has 2 aromatic rings. The highest BCUT2D eigenvalue weighted by atomic mass is 16.5. The molecule has 0 aliphatic carbocycles. The lowest BCUT2D eigenvalue weighted by Crippen LogP contribution is -2.43. The summed E-state index contributed by atoms with van der Waals surface area (Å²) in [6.45, 7) is 3.48. The molecule has 0 saturated carbocycles. The van der Waals surface area contributed by atoms with Crippen molar-refractivity contribution in [2.45, 2.75) is 32.0 Å². The average Bonchev–Trinajstić information content (AvgIpc) is 3.34. The molecule has 0 unspecified atom stereocenters. The first kappa shape index (κ1) is 17.2. The fourth-order valence-corrected chi connectivity index (χ4v) is 3.90. The summed E-state index contributed by atoms with van der Waals surface area (Å²) >= 11 is 0. The number of furan rings is 1. The van der Waals surface area contributed by atoms with Crippen LogP contribution in [0.15, 0.2) is 47.5 Å². The summed E-state index contributed by atoms with van der Waals surface area (Å²) in [4.78, 5) is 18.4. The van der Waals surface area contributed by atoms with E-state index in [1.165, 1.54) is 6.26 Å². The smallest absolute Gasteiger partial charge is 0.257 e. The fraction of sp³-hybridized carbons (Fsp3) is 0.500. The standard InChI is InChI=1S/C20H24N2O4/c23-19(17-3-9-24-13-17)22-7-4-20(5-8-22)10-18(26-15-20)14-25-12-16-2-1-6-21-11-16/h1-3,6,9,11,13,18H,4-5,7-8,10,12,14-15H2/t18-/m0/s1. The zero-order valence-corrected chi connectivity index (χ0v) is 14.8. The number of ether oxygens (including phenoxy) is 2. The van der Waals surface area contributed by atoms with Crippen LogP contribution < -0.4 is 0 Å². The first-order valence-electron chi connectivity index (χ1n) is 9.14. The summed E-state index contributed by atoms with van der Waals surface area (Å²) in [6, 6.07) is 5.65. The zero-order chi connectivity index (χ0) is 17.8. The maximum atomic E-state index is 12.4. The van der Waals surface area contributed by atoms with Crippen molar-refractivity contribution >= 4 is 5.91 Å². The highest BCUT2D eigenvalue weighted by molar-refractivity contribution is 5.93. The molecule has 0 radical (unpaired) electrons. The van der Waals surface area contributed by atoms with E-state index in [9.17, 15) is 4.79 Å². The minimum atomic E-state index is 0.0591. The van der Waals surface area contributed by atoms with E-state index >= 15 is 0 Å². The number of aromatic nitrogens is 1. The third-order valence-corrected chi connectivity index (χ3v) is 5.46. The highest BCUT2D eigenvalue weighted by Crippen LogP contribution is 2.42. The van der Waals surface area contributed by atoms with Gasteiger partial charge in [-0.2, -0.15) is 0 Å². The number of rotatable bonds is 5. The lowest BCUT2D eigenvalue weighted by atomic mass is 9.76. The summed E-state index contributed by atoms with van der Waals surface area (Å²) in [5, 5.41) is 0. The monoisotopic (exact) mass is 356 g/mol. The van der Waals surface area contributed by atoms with Crippen LogP contribution in [0.4, 0.5) is 0 Å². The van der Waals surface area contributed by atoms with Gasteiger partial charge in [0.25, 0.3) is 5.91 Å². The van der Waals surface area contributed by atoms with E-state index in [0.717, 1.165) is 44.5 Å². The molecule has 6 nitrogen and oxygen atoms in total. The molecule has 0 N–H and O–H groups in total. The van der Waals surface area contributed by atoms with Gasteiger partial charge in [0.15, 0.2) is 0 Å². The Morgan fingerprint density at radius 2 is 2.23 bits per heavy atom. The molecule has 2 aliphatic heterocycles.